The summed E-state index contributed by atoms with van der Waals surface area (Å²) in [4.78, 5) is 0. The van der Waals surface area contributed by atoms with Crippen molar-refractivity contribution in [3.63, 3.8) is 0 Å². The fourth-order valence-electron chi connectivity index (χ4n) is 1.94. The predicted molar refractivity (Wildman–Crippen MR) is 58.0 cm³/mol. The van der Waals surface area contributed by atoms with Crippen molar-refractivity contribution in [3.05, 3.63) is 35.9 Å². The largest absolute Gasteiger partial charge is 0.394 e. The molecule has 5 heteroatoms. The summed E-state index contributed by atoms with van der Waals surface area (Å²) in [6.45, 7) is -0.422. The van der Waals surface area contributed by atoms with Gasteiger partial charge in [-0.2, -0.15) is 0 Å². The molecule has 1 aromatic carbocycles. The first-order valence-corrected chi connectivity index (χ1v) is 5.42. The van der Waals surface area contributed by atoms with Crippen LogP contribution in [0.4, 0.5) is 0 Å². The summed E-state index contributed by atoms with van der Waals surface area (Å²) in [7, 11) is 0. The van der Waals surface area contributed by atoms with Gasteiger partial charge in [0.1, 0.15) is 30.5 Å². The normalized spacial score (nSPS) is 38.0. The molecule has 5 atom stereocenters. The van der Waals surface area contributed by atoms with E-state index in [0.717, 1.165) is 0 Å². The van der Waals surface area contributed by atoms with Crippen LogP contribution in [0.25, 0.3) is 0 Å². The van der Waals surface area contributed by atoms with Crippen LogP contribution in [0.3, 0.4) is 0 Å². The van der Waals surface area contributed by atoms with Crippen LogP contribution < -0.4 is 0 Å². The summed E-state index contributed by atoms with van der Waals surface area (Å²) in [5.74, 6) is 0. The Kier molecular flexibility index (Phi) is 3.76. The molecule has 0 spiro atoms. The van der Waals surface area contributed by atoms with Gasteiger partial charge in [-0.05, 0) is 11.6 Å². The molecule has 0 unspecified atom stereocenters. The first-order chi connectivity index (χ1) is 8.15. The third-order valence-corrected chi connectivity index (χ3v) is 2.93. The second kappa shape index (κ2) is 5.12. The number of benzene rings is 1. The lowest BCUT2D eigenvalue weighted by Crippen LogP contribution is -2.55. The Hall–Kier alpha value is -0.980. The van der Waals surface area contributed by atoms with E-state index in [0.29, 0.717) is 5.56 Å². The molecule has 1 saturated heterocycles. The van der Waals surface area contributed by atoms with Crippen LogP contribution in [0, 0.1) is 6.07 Å². The molecule has 1 aromatic rings. The highest BCUT2D eigenvalue weighted by atomic mass is 16.5. The van der Waals surface area contributed by atoms with Crippen LogP contribution in [0.2, 0.25) is 0 Å². The Morgan fingerprint density at radius 3 is 2.47 bits per heavy atom. The molecular formula is C12H15O5. The molecule has 4 N–H and O–H groups in total. The lowest BCUT2D eigenvalue weighted by atomic mass is 9.91. The molecule has 0 saturated carbocycles. The Morgan fingerprint density at radius 2 is 1.88 bits per heavy atom. The van der Waals surface area contributed by atoms with E-state index in [-0.39, 0.29) is 0 Å². The van der Waals surface area contributed by atoms with Gasteiger partial charge in [0.25, 0.3) is 0 Å². The lowest BCUT2D eigenvalue weighted by Gasteiger charge is -2.40. The molecule has 0 aromatic heterocycles. The molecule has 1 fully saturated rings. The van der Waals surface area contributed by atoms with Gasteiger partial charge in [-0.1, -0.05) is 24.3 Å². The van der Waals surface area contributed by atoms with Crippen LogP contribution in [0.1, 0.15) is 11.7 Å². The van der Waals surface area contributed by atoms with Crippen molar-refractivity contribution in [1.82, 2.24) is 0 Å². The molecule has 0 bridgehead atoms. The first kappa shape index (κ1) is 12.5. The average Bonchev–Trinajstić information content (AvgIpc) is 2.37. The van der Waals surface area contributed by atoms with Gasteiger partial charge in [-0.25, -0.2) is 0 Å². The minimum Gasteiger partial charge on any atom is -0.394 e. The van der Waals surface area contributed by atoms with E-state index in [4.69, 9.17) is 9.84 Å². The quantitative estimate of drug-likeness (QED) is 0.531. The molecule has 1 aliphatic heterocycles. The molecule has 1 radical (unpaired) electrons. The summed E-state index contributed by atoms with van der Waals surface area (Å²) in [6, 6.07) is 9.78. The minimum absolute atomic E-state index is 0.422. The SMILES string of the molecule is OC[C@H]1O[C@H](c2[c]cccc2)[C@H](O)[C@@H](O)[C@@H]1O. The average molecular weight is 239 g/mol. The standard InChI is InChI=1S/C12H15O5/c13-6-8-9(14)10(15)11(16)12(17-8)7-4-2-1-3-5-7/h1-4,8-16H,6H2/t8-,9-,10+,11-,12-/m1/s1. The topological polar surface area (TPSA) is 90.2 Å². The first-order valence-electron chi connectivity index (χ1n) is 5.42. The Labute approximate surface area is 98.9 Å². The lowest BCUT2D eigenvalue weighted by molar-refractivity contribution is -0.231. The summed E-state index contributed by atoms with van der Waals surface area (Å²) in [5, 5.41) is 38.1. The van der Waals surface area contributed by atoms with Gasteiger partial charge in [0.15, 0.2) is 0 Å². The van der Waals surface area contributed by atoms with Gasteiger partial charge in [0.05, 0.1) is 6.61 Å². The zero-order valence-corrected chi connectivity index (χ0v) is 9.10. The maximum absolute atomic E-state index is 9.84. The number of hydrogen-bond acceptors (Lipinski definition) is 5. The van der Waals surface area contributed by atoms with Gasteiger partial charge < -0.3 is 25.2 Å². The number of aliphatic hydroxyl groups is 4. The summed E-state index contributed by atoms with van der Waals surface area (Å²) in [5.41, 5.74) is 0.574. The van der Waals surface area contributed by atoms with Crippen molar-refractivity contribution in [2.24, 2.45) is 0 Å². The molecule has 1 heterocycles. The predicted octanol–water partition coefficient (Wildman–Crippen LogP) is -0.998. The second-order valence-corrected chi connectivity index (χ2v) is 4.07. The van der Waals surface area contributed by atoms with Crippen LogP contribution in [0.15, 0.2) is 24.3 Å². The highest BCUT2D eigenvalue weighted by molar-refractivity contribution is 5.19. The maximum atomic E-state index is 9.84. The van der Waals surface area contributed by atoms with E-state index >= 15 is 0 Å². The van der Waals surface area contributed by atoms with E-state index in [9.17, 15) is 15.3 Å². The van der Waals surface area contributed by atoms with Crippen LogP contribution >= 0.6 is 0 Å². The second-order valence-electron chi connectivity index (χ2n) is 4.07. The number of hydrogen-bond donors (Lipinski definition) is 4. The highest BCUT2D eigenvalue weighted by Crippen LogP contribution is 2.31. The van der Waals surface area contributed by atoms with Gasteiger partial charge in [-0.15, -0.1) is 0 Å². The number of aliphatic hydroxyl groups excluding tert-OH is 4. The third-order valence-electron chi connectivity index (χ3n) is 2.93. The van der Waals surface area contributed by atoms with Crippen molar-refractivity contribution in [1.29, 1.82) is 0 Å². The Morgan fingerprint density at radius 1 is 1.12 bits per heavy atom. The fourth-order valence-corrected chi connectivity index (χ4v) is 1.94. The zero-order valence-electron chi connectivity index (χ0n) is 9.10. The molecular weight excluding hydrogens is 224 g/mol. The fraction of sp³-hybridized carbons (Fsp3) is 0.500. The highest BCUT2D eigenvalue weighted by Gasteiger charge is 2.43. The van der Waals surface area contributed by atoms with Crippen LogP contribution in [0.5, 0.6) is 0 Å². The maximum Gasteiger partial charge on any atom is 0.113 e. The molecule has 0 amide bonds. The van der Waals surface area contributed by atoms with Crippen molar-refractivity contribution in [2.75, 3.05) is 6.61 Å². The summed E-state index contributed by atoms with van der Waals surface area (Å²) in [6.07, 6.45) is -5.60. The van der Waals surface area contributed by atoms with Gasteiger partial charge in [-0.3, -0.25) is 0 Å². The van der Waals surface area contributed by atoms with E-state index in [1.165, 1.54) is 0 Å². The molecule has 17 heavy (non-hydrogen) atoms. The minimum atomic E-state index is -1.35. The van der Waals surface area contributed by atoms with Crippen molar-refractivity contribution in [3.8, 4) is 0 Å². The van der Waals surface area contributed by atoms with Gasteiger partial charge >= 0.3 is 0 Å². The van der Waals surface area contributed by atoms with Gasteiger partial charge in [0.2, 0.25) is 0 Å². The smallest absolute Gasteiger partial charge is 0.113 e. The van der Waals surface area contributed by atoms with E-state index < -0.39 is 37.1 Å². The van der Waals surface area contributed by atoms with Crippen molar-refractivity contribution >= 4 is 0 Å². The molecule has 5 nitrogen and oxygen atoms in total. The molecule has 0 aliphatic carbocycles. The summed E-state index contributed by atoms with van der Waals surface area (Å²) < 4.78 is 5.38. The van der Waals surface area contributed by atoms with Crippen molar-refractivity contribution in [2.45, 2.75) is 30.5 Å². The van der Waals surface area contributed by atoms with Crippen LogP contribution in [-0.4, -0.2) is 51.4 Å². The summed E-state index contributed by atoms with van der Waals surface area (Å²) >= 11 is 0. The molecule has 2 rings (SSSR count). The van der Waals surface area contributed by atoms with E-state index in [1.807, 2.05) is 0 Å². The Bertz CT molecular complexity index is 353. The monoisotopic (exact) mass is 239 g/mol. The number of rotatable bonds is 2. The number of ether oxygens (including phenoxy) is 1. The van der Waals surface area contributed by atoms with E-state index in [2.05, 4.69) is 6.07 Å². The molecule has 1 aliphatic rings. The third kappa shape index (κ3) is 2.34. The van der Waals surface area contributed by atoms with Crippen LogP contribution in [-0.2, 0) is 4.74 Å². The molecule has 93 valence electrons. The van der Waals surface area contributed by atoms with E-state index in [1.54, 1.807) is 24.3 Å². The van der Waals surface area contributed by atoms with Crippen molar-refractivity contribution < 1.29 is 25.2 Å². The Balaban J connectivity index is 2.23. The van der Waals surface area contributed by atoms with Gasteiger partial charge in [0, 0.05) is 0 Å². The zero-order chi connectivity index (χ0) is 12.4.